The van der Waals surface area contributed by atoms with Crippen LogP contribution < -0.4 is 20.7 Å². The molecule has 2 aromatic carbocycles. The zero-order chi connectivity index (χ0) is 28.2. The van der Waals surface area contributed by atoms with Gasteiger partial charge in [-0.1, -0.05) is 37.3 Å². The van der Waals surface area contributed by atoms with Crippen LogP contribution in [0.2, 0.25) is 0 Å². The van der Waals surface area contributed by atoms with Gasteiger partial charge < -0.3 is 40.7 Å². The van der Waals surface area contributed by atoms with E-state index < -0.39 is 31.1 Å². The highest BCUT2D eigenvalue weighted by atomic mass is 16.6. The normalized spacial score (nSPS) is 20.7. The molecule has 6 N–H and O–H groups in total. The van der Waals surface area contributed by atoms with E-state index in [-0.39, 0.29) is 5.82 Å². The van der Waals surface area contributed by atoms with Gasteiger partial charge in [-0.15, -0.1) is 0 Å². The molecular formula is C28H35N7O5. The summed E-state index contributed by atoms with van der Waals surface area (Å²) in [7, 11) is 1.81. The van der Waals surface area contributed by atoms with Crippen LogP contribution in [0.5, 0.6) is 5.75 Å². The Labute approximate surface area is 232 Å². The summed E-state index contributed by atoms with van der Waals surface area (Å²) in [5.41, 5.74) is 9.50. The van der Waals surface area contributed by atoms with Gasteiger partial charge in [0.1, 0.15) is 30.4 Å². The number of aliphatic hydroxyl groups is 3. The Kier molecular flexibility index (Phi) is 8.43. The third-order valence-electron chi connectivity index (χ3n) is 7.00. The molecule has 1 aliphatic heterocycles. The maximum Gasteiger partial charge on any atom is 0.214 e. The number of hydrogen-bond acceptors (Lipinski definition) is 11. The Morgan fingerprint density at radius 2 is 1.93 bits per heavy atom. The molecule has 1 aliphatic rings. The number of nitrogens with two attached hydrogens (primary N) is 1. The summed E-state index contributed by atoms with van der Waals surface area (Å²) in [5.74, 6) is 1.22. The molecular weight excluding hydrogens is 514 g/mol. The minimum atomic E-state index is -1.34. The maximum atomic E-state index is 10.8. The van der Waals surface area contributed by atoms with Gasteiger partial charge in [-0.2, -0.15) is 0 Å². The van der Waals surface area contributed by atoms with Crippen LogP contribution >= 0.6 is 0 Å². The molecule has 1 fully saturated rings. The SMILES string of the molecule is CCNCCCOc1cc(N(C)c2nc3c(N)ncnc3n2[C@@H]2O[C@H](CO)[C@@H](O)[C@H]2O)ccc1-c1ccccc1. The van der Waals surface area contributed by atoms with Crippen molar-refractivity contribution in [3.8, 4) is 16.9 Å². The molecule has 12 heteroatoms. The third kappa shape index (κ3) is 5.31. The molecule has 4 aromatic rings. The number of aromatic nitrogens is 4. The van der Waals surface area contributed by atoms with Crippen LogP contribution in [-0.2, 0) is 4.74 Å². The summed E-state index contributed by atoms with van der Waals surface area (Å²) in [6.45, 7) is 3.90. The summed E-state index contributed by atoms with van der Waals surface area (Å²) in [5, 5.41) is 34.3. The lowest BCUT2D eigenvalue weighted by atomic mass is 10.0. The van der Waals surface area contributed by atoms with Gasteiger partial charge in [0.25, 0.3) is 0 Å². The number of hydrogen-bond donors (Lipinski definition) is 5. The topological polar surface area (TPSA) is 164 Å². The van der Waals surface area contributed by atoms with Crippen molar-refractivity contribution in [1.29, 1.82) is 0 Å². The Morgan fingerprint density at radius 1 is 1.12 bits per heavy atom. The molecule has 0 spiro atoms. The van der Waals surface area contributed by atoms with E-state index in [1.54, 1.807) is 9.47 Å². The highest BCUT2D eigenvalue weighted by molar-refractivity contribution is 5.85. The van der Waals surface area contributed by atoms with Crippen molar-refractivity contribution in [1.82, 2.24) is 24.8 Å². The van der Waals surface area contributed by atoms with Crippen LogP contribution in [0.3, 0.4) is 0 Å². The van der Waals surface area contributed by atoms with E-state index in [9.17, 15) is 15.3 Å². The van der Waals surface area contributed by atoms with E-state index in [1.807, 2.05) is 55.6 Å². The Morgan fingerprint density at radius 3 is 2.65 bits per heavy atom. The van der Waals surface area contributed by atoms with Gasteiger partial charge in [-0.25, -0.2) is 15.0 Å². The number of fused-ring (bicyclic) bond motifs is 1. The van der Waals surface area contributed by atoms with Gasteiger partial charge in [0, 0.05) is 24.4 Å². The van der Waals surface area contributed by atoms with Crippen molar-refractivity contribution in [2.75, 3.05) is 44.0 Å². The van der Waals surface area contributed by atoms with Crippen molar-refractivity contribution in [2.24, 2.45) is 0 Å². The van der Waals surface area contributed by atoms with Gasteiger partial charge >= 0.3 is 0 Å². The van der Waals surface area contributed by atoms with Gasteiger partial charge in [0.15, 0.2) is 23.2 Å². The van der Waals surface area contributed by atoms with Gasteiger partial charge in [-0.05, 0) is 37.2 Å². The highest BCUT2D eigenvalue weighted by Gasteiger charge is 2.45. The molecule has 12 nitrogen and oxygen atoms in total. The lowest BCUT2D eigenvalue weighted by Gasteiger charge is -2.25. The number of rotatable bonds is 11. The molecule has 0 unspecified atom stereocenters. The summed E-state index contributed by atoms with van der Waals surface area (Å²) in [4.78, 5) is 14.9. The van der Waals surface area contributed by atoms with E-state index in [4.69, 9.17) is 20.2 Å². The van der Waals surface area contributed by atoms with E-state index in [0.717, 1.165) is 36.3 Å². The predicted molar refractivity (Wildman–Crippen MR) is 151 cm³/mol. The molecule has 0 amide bonds. The van der Waals surface area contributed by atoms with E-state index in [1.165, 1.54) is 6.33 Å². The molecule has 1 saturated heterocycles. The number of aliphatic hydroxyl groups excluding tert-OH is 3. The average Bonchev–Trinajstić information content (AvgIpc) is 3.50. The molecule has 0 aliphatic carbocycles. The Bertz CT molecular complexity index is 1430. The van der Waals surface area contributed by atoms with Crippen LogP contribution in [0.15, 0.2) is 54.9 Å². The summed E-state index contributed by atoms with van der Waals surface area (Å²) < 4.78 is 13.7. The highest BCUT2D eigenvalue weighted by Crippen LogP contribution is 2.40. The van der Waals surface area contributed by atoms with Crippen molar-refractivity contribution in [3.05, 3.63) is 54.9 Å². The average molecular weight is 550 g/mol. The monoisotopic (exact) mass is 549 g/mol. The van der Waals surface area contributed by atoms with Gasteiger partial charge in [-0.3, -0.25) is 4.57 Å². The second kappa shape index (κ2) is 12.1. The van der Waals surface area contributed by atoms with Crippen LogP contribution in [0.1, 0.15) is 19.6 Å². The number of nitrogens with zero attached hydrogens (tertiary/aromatic N) is 5. The third-order valence-corrected chi connectivity index (χ3v) is 7.00. The van der Waals surface area contributed by atoms with Crippen molar-refractivity contribution in [3.63, 3.8) is 0 Å². The first-order chi connectivity index (χ1) is 19.4. The molecule has 5 rings (SSSR count). The zero-order valence-corrected chi connectivity index (χ0v) is 22.5. The fourth-order valence-electron chi connectivity index (χ4n) is 4.85. The molecule has 3 heterocycles. The van der Waals surface area contributed by atoms with Crippen LogP contribution in [0.4, 0.5) is 17.5 Å². The number of ether oxygens (including phenoxy) is 2. The molecule has 0 bridgehead atoms. The number of anilines is 3. The summed E-state index contributed by atoms with van der Waals surface area (Å²) in [6, 6.07) is 15.9. The molecule has 2 aromatic heterocycles. The molecule has 4 atom stereocenters. The first-order valence-corrected chi connectivity index (χ1v) is 13.3. The minimum Gasteiger partial charge on any atom is -0.493 e. The minimum absolute atomic E-state index is 0.161. The lowest BCUT2D eigenvalue weighted by Crippen LogP contribution is -2.33. The van der Waals surface area contributed by atoms with E-state index in [0.29, 0.717) is 29.5 Å². The first-order valence-electron chi connectivity index (χ1n) is 13.3. The summed E-state index contributed by atoms with van der Waals surface area (Å²) >= 11 is 0. The summed E-state index contributed by atoms with van der Waals surface area (Å²) in [6.07, 6.45) is -2.53. The van der Waals surface area contributed by atoms with Gasteiger partial charge in [0.05, 0.1) is 13.2 Å². The van der Waals surface area contributed by atoms with E-state index >= 15 is 0 Å². The van der Waals surface area contributed by atoms with Crippen LogP contribution in [0.25, 0.3) is 22.3 Å². The maximum absolute atomic E-state index is 10.8. The molecule has 0 saturated carbocycles. The first kappa shape index (κ1) is 27.7. The van der Waals surface area contributed by atoms with Crippen molar-refractivity contribution < 1.29 is 24.8 Å². The fourth-order valence-corrected chi connectivity index (χ4v) is 4.85. The number of benzene rings is 2. The van der Waals surface area contributed by atoms with E-state index in [2.05, 4.69) is 22.2 Å². The smallest absolute Gasteiger partial charge is 0.214 e. The van der Waals surface area contributed by atoms with Crippen molar-refractivity contribution >= 4 is 28.6 Å². The van der Waals surface area contributed by atoms with Crippen LogP contribution in [-0.4, -0.2) is 86.5 Å². The largest absolute Gasteiger partial charge is 0.493 e. The fraction of sp³-hybridized carbons (Fsp3) is 0.393. The molecule has 0 radical (unpaired) electrons. The number of imidazole rings is 1. The quantitative estimate of drug-likeness (QED) is 0.173. The van der Waals surface area contributed by atoms with Crippen molar-refractivity contribution in [2.45, 2.75) is 37.9 Å². The molecule has 40 heavy (non-hydrogen) atoms. The van der Waals surface area contributed by atoms with Crippen LogP contribution in [0, 0.1) is 0 Å². The Balaban J connectivity index is 1.55. The second-order valence-electron chi connectivity index (χ2n) is 9.60. The number of nitrogen functional groups attached to an aromatic ring is 1. The Hall–Kier alpha value is -3.81. The standard InChI is InChI=1S/C28H35N7O5/c1-3-30-12-7-13-39-20-14-18(10-11-19(20)17-8-5-4-6-9-17)34(2)28-33-22-25(29)31-16-32-26(22)35(28)27-24(38)23(37)21(15-36)40-27/h4-6,8-11,14,16,21,23-24,27,30,36-38H,3,7,12-13,15H2,1-2H3,(H2,29,31,32)/t21-,23-,24-,27-/m1/s1. The lowest BCUT2D eigenvalue weighted by molar-refractivity contribution is -0.0503. The number of nitrogens with one attached hydrogen (secondary N) is 1. The van der Waals surface area contributed by atoms with Gasteiger partial charge in [0.2, 0.25) is 5.95 Å². The zero-order valence-electron chi connectivity index (χ0n) is 22.5. The predicted octanol–water partition coefficient (Wildman–Crippen LogP) is 1.83. The second-order valence-corrected chi connectivity index (χ2v) is 9.60. The molecule has 212 valence electrons.